The van der Waals surface area contributed by atoms with Crippen LogP contribution < -0.4 is 0 Å². The molecule has 0 heterocycles. The summed E-state index contributed by atoms with van der Waals surface area (Å²) in [5, 5.41) is 13.4. The first-order valence-electron chi connectivity index (χ1n) is 13.8. The molecular formula is C27H57NO. The number of unbranched alkanes of at least 4 members (excludes halogenated alkanes) is 18. The number of hydrogen-bond donors (Lipinski definition) is 0. The summed E-state index contributed by atoms with van der Waals surface area (Å²) in [6.07, 6.45) is 27.5. The average molecular weight is 412 g/mol. The molecule has 29 heavy (non-hydrogen) atoms. The first-order chi connectivity index (χ1) is 14.2. The second-order valence-corrected chi connectivity index (χ2v) is 9.59. The number of nitrogens with zero attached hydrogens (tertiary/aromatic N) is 1. The molecule has 0 amide bonds. The lowest BCUT2D eigenvalue weighted by atomic mass is 10.1. The molecule has 0 saturated heterocycles. The highest BCUT2D eigenvalue weighted by molar-refractivity contribution is 4.53. The normalized spacial score (nSPS) is 12.0. The van der Waals surface area contributed by atoms with Crippen molar-refractivity contribution in [2.45, 2.75) is 156 Å². The zero-order valence-electron chi connectivity index (χ0n) is 20.8. The van der Waals surface area contributed by atoms with Gasteiger partial charge in [0.2, 0.25) is 0 Å². The Bertz CT molecular complexity index is 259. The molecule has 0 N–H and O–H groups in total. The molecule has 0 aliphatic heterocycles. The van der Waals surface area contributed by atoms with Gasteiger partial charge in [0.25, 0.3) is 0 Å². The van der Waals surface area contributed by atoms with Crippen molar-refractivity contribution in [1.29, 1.82) is 0 Å². The molecule has 2 heteroatoms. The van der Waals surface area contributed by atoms with E-state index in [4.69, 9.17) is 0 Å². The summed E-state index contributed by atoms with van der Waals surface area (Å²) in [6.45, 7) is 9.45. The minimum absolute atomic E-state index is 0.110. The zero-order valence-corrected chi connectivity index (χ0v) is 20.8. The highest BCUT2D eigenvalue weighted by Crippen LogP contribution is 2.17. The molecule has 0 fully saturated rings. The lowest BCUT2D eigenvalue weighted by Gasteiger charge is -2.43. The van der Waals surface area contributed by atoms with Gasteiger partial charge < -0.3 is 9.85 Å². The molecular weight excluding hydrogens is 354 g/mol. The van der Waals surface area contributed by atoms with E-state index in [9.17, 15) is 5.21 Å². The van der Waals surface area contributed by atoms with Gasteiger partial charge in [0, 0.05) is 0 Å². The number of hydroxylamine groups is 3. The van der Waals surface area contributed by atoms with Gasteiger partial charge in [-0.2, -0.15) is 0 Å². The van der Waals surface area contributed by atoms with E-state index in [0.717, 1.165) is 38.9 Å². The third kappa shape index (κ3) is 21.0. The highest BCUT2D eigenvalue weighted by atomic mass is 16.5. The maximum Gasteiger partial charge on any atom is 0.0783 e. The molecule has 0 aromatic rings. The Labute approximate surface area is 185 Å². The predicted octanol–water partition coefficient (Wildman–Crippen LogP) is 9.55. The van der Waals surface area contributed by atoms with Crippen LogP contribution in [0.5, 0.6) is 0 Å². The van der Waals surface area contributed by atoms with Gasteiger partial charge in [-0.3, -0.25) is 0 Å². The summed E-state index contributed by atoms with van der Waals surface area (Å²) in [5.41, 5.74) is 0. The molecule has 0 unspecified atom stereocenters. The second kappa shape index (κ2) is 22.6. The van der Waals surface area contributed by atoms with E-state index >= 15 is 0 Å². The van der Waals surface area contributed by atoms with E-state index < -0.39 is 0 Å². The van der Waals surface area contributed by atoms with Crippen molar-refractivity contribution in [2.75, 3.05) is 19.6 Å². The molecule has 0 aliphatic rings. The molecule has 0 aliphatic carbocycles. The first-order valence-corrected chi connectivity index (χ1v) is 13.8. The topological polar surface area (TPSA) is 23.1 Å². The Hall–Kier alpha value is -0.0800. The van der Waals surface area contributed by atoms with E-state index in [0.29, 0.717) is 0 Å². The van der Waals surface area contributed by atoms with E-state index in [1.807, 2.05) is 0 Å². The van der Waals surface area contributed by atoms with Crippen molar-refractivity contribution in [3.05, 3.63) is 5.21 Å². The number of hydrogen-bond acceptors (Lipinski definition) is 1. The van der Waals surface area contributed by atoms with Gasteiger partial charge in [0.05, 0.1) is 19.6 Å². The van der Waals surface area contributed by atoms with Gasteiger partial charge in [-0.05, 0) is 38.5 Å². The van der Waals surface area contributed by atoms with Gasteiger partial charge in [0.1, 0.15) is 0 Å². The molecule has 0 aromatic carbocycles. The average Bonchev–Trinajstić information content (AvgIpc) is 2.72. The van der Waals surface area contributed by atoms with E-state index in [2.05, 4.69) is 20.8 Å². The molecule has 0 aromatic heterocycles. The molecule has 0 rings (SSSR count). The van der Waals surface area contributed by atoms with Gasteiger partial charge in [0.15, 0.2) is 0 Å². The van der Waals surface area contributed by atoms with Crippen LogP contribution in [0.15, 0.2) is 0 Å². The summed E-state index contributed by atoms with van der Waals surface area (Å²) in [6, 6.07) is 0. The fourth-order valence-electron chi connectivity index (χ4n) is 4.41. The van der Waals surface area contributed by atoms with Crippen molar-refractivity contribution >= 4 is 0 Å². The minimum Gasteiger partial charge on any atom is -0.633 e. The van der Waals surface area contributed by atoms with Crippen LogP contribution in [-0.4, -0.2) is 24.3 Å². The van der Waals surface area contributed by atoms with Crippen molar-refractivity contribution in [3.8, 4) is 0 Å². The molecule has 0 bridgehead atoms. The maximum absolute atomic E-state index is 13.4. The van der Waals surface area contributed by atoms with Crippen molar-refractivity contribution in [2.24, 2.45) is 0 Å². The summed E-state index contributed by atoms with van der Waals surface area (Å²) >= 11 is 0. The molecule has 0 atom stereocenters. The van der Waals surface area contributed by atoms with Crippen LogP contribution in [-0.2, 0) is 0 Å². The highest BCUT2D eigenvalue weighted by Gasteiger charge is 2.15. The Morgan fingerprint density at radius 2 is 0.552 bits per heavy atom. The molecule has 0 radical (unpaired) electrons. The van der Waals surface area contributed by atoms with E-state index in [1.54, 1.807) is 0 Å². The predicted molar refractivity (Wildman–Crippen MR) is 132 cm³/mol. The van der Waals surface area contributed by atoms with Crippen molar-refractivity contribution in [3.63, 3.8) is 0 Å². The monoisotopic (exact) mass is 411 g/mol. The van der Waals surface area contributed by atoms with E-state index in [1.165, 1.54) is 116 Å². The minimum atomic E-state index is 0.110. The Balaban J connectivity index is 4.03. The van der Waals surface area contributed by atoms with Gasteiger partial charge in [-0.1, -0.05) is 117 Å². The number of quaternary nitrogens is 1. The van der Waals surface area contributed by atoms with Crippen molar-refractivity contribution in [1.82, 2.24) is 0 Å². The fraction of sp³-hybridized carbons (Fsp3) is 1.00. The summed E-state index contributed by atoms with van der Waals surface area (Å²) in [5.74, 6) is 0. The standard InChI is InChI=1S/C27H57NO/c1-4-7-10-13-16-19-22-25-28(29,26-23-20-17-14-11-8-5-2)27-24-21-18-15-12-9-6-3/h4-27H2,1-3H3. The Kier molecular flexibility index (Phi) is 22.5. The Morgan fingerprint density at radius 1 is 0.345 bits per heavy atom. The second-order valence-electron chi connectivity index (χ2n) is 9.59. The fourth-order valence-corrected chi connectivity index (χ4v) is 4.41. The van der Waals surface area contributed by atoms with Crippen LogP contribution in [0.1, 0.15) is 156 Å². The van der Waals surface area contributed by atoms with Gasteiger partial charge >= 0.3 is 0 Å². The summed E-state index contributed by atoms with van der Waals surface area (Å²) in [4.78, 5) is 0. The first kappa shape index (κ1) is 28.9. The molecule has 176 valence electrons. The summed E-state index contributed by atoms with van der Waals surface area (Å²) in [7, 11) is 0. The lowest BCUT2D eigenvalue weighted by Crippen LogP contribution is -2.44. The van der Waals surface area contributed by atoms with E-state index in [-0.39, 0.29) is 4.65 Å². The number of rotatable bonds is 24. The largest absolute Gasteiger partial charge is 0.633 e. The molecule has 0 spiro atoms. The Morgan fingerprint density at radius 3 is 0.793 bits per heavy atom. The van der Waals surface area contributed by atoms with Crippen LogP contribution >= 0.6 is 0 Å². The SMILES string of the molecule is CCCCCCCCC[N+]([O-])(CCCCCCCCC)CCCCCCCCC. The van der Waals surface area contributed by atoms with Gasteiger partial charge in [-0.25, -0.2) is 0 Å². The maximum atomic E-state index is 13.4. The zero-order chi connectivity index (χ0) is 21.5. The third-order valence-electron chi connectivity index (χ3n) is 6.51. The quantitative estimate of drug-likeness (QED) is 0.0880. The molecule has 0 saturated carbocycles. The third-order valence-corrected chi connectivity index (χ3v) is 6.51. The molecule has 2 nitrogen and oxygen atoms in total. The lowest BCUT2D eigenvalue weighted by molar-refractivity contribution is -0.881. The van der Waals surface area contributed by atoms with Crippen LogP contribution in [0.3, 0.4) is 0 Å². The van der Waals surface area contributed by atoms with Crippen LogP contribution in [0.2, 0.25) is 0 Å². The van der Waals surface area contributed by atoms with Crippen LogP contribution in [0, 0.1) is 5.21 Å². The van der Waals surface area contributed by atoms with Crippen LogP contribution in [0.25, 0.3) is 0 Å². The van der Waals surface area contributed by atoms with Crippen molar-refractivity contribution < 1.29 is 4.65 Å². The summed E-state index contributed by atoms with van der Waals surface area (Å²) < 4.78 is 0.110. The van der Waals surface area contributed by atoms with Gasteiger partial charge in [-0.15, -0.1) is 0 Å². The van der Waals surface area contributed by atoms with Crippen LogP contribution in [0.4, 0.5) is 0 Å². The smallest absolute Gasteiger partial charge is 0.0783 e.